The van der Waals surface area contributed by atoms with Gasteiger partial charge in [0.25, 0.3) is 0 Å². The van der Waals surface area contributed by atoms with Gasteiger partial charge in [0.05, 0.1) is 6.04 Å². The highest BCUT2D eigenvalue weighted by molar-refractivity contribution is 5.79. The zero-order valence-corrected chi connectivity index (χ0v) is 12.9. The molecular formula is C14H30N4O. The summed E-state index contributed by atoms with van der Waals surface area (Å²) in [5.41, 5.74) is 5.44. The fourth-order valence-electron chi connectivity index (χ4n) is 2.67. The minimum Gasteiger partial charge on any atom is -0.368 e. The van der Waals surface area contributed by atoms with Crippen LogP contribution < -0.4 is 11.1 Å². The van der Waals surface area contributed by atoms with Gasteiger partial charge in [-0.2, -0.15) is 0 Å². The first kappa shape index (κ1) is 16.4. The highest BCUT2D eigenvalue weighted by Gasteiger charge is 2.27. The summed E-state index contributed by atoms with van der Waals surface area (Å²) < 4.78 is 0. The van der Waals surface area contributed by atoms with Crippen molar-refractivity contribution in [1.29, 1.82) is 0 Å². The molecule has 5 nitrogen and oxygen atoms in total. The number of carbonyl (C=O) groups excluding carboxylic acids is 1. The van der Waals surface area contributed by atoms with E-state index in [1.54, 1.807) is 0 Å². The molecular weight excluding hydrogens is 240 g/mol. The summed E-state index contributed by atoms with van der Waals surface area (Å²) in [6.07, 6.45) is 1.82. The Morgan fingerprint density at radius 3 is 2.42 bits per heavy atom. The van der Waals surface area contributed by atoms with Gasteiger partial charge in [0.2, 0.25) is 5.91 Å². The highest BCUT2D eigenvalue weighted by Crippen LogP contribution is 2.13. The third kappa shape index (κ3) is 5.09. The fraction of sp³-hybridized carbons (Fsp3) is 0.929. The maximum Gasteiger partial charge on any atom is 0.234 e. The van der Waals surface area contributed by atoms with Gasteiger partial charge in [0, 0.05) is 31.7 Å². The molecule has 1 rings (SSSR count). The van der Waals surface area contributed by atoms with Crippen LogP contribution in [0.25, 0.3) is 0 Å². The van der Waals surface area contributed by atoms with E-state index in [1.807, 2.05) is 0 Å². The van der Waals surface area contributed by atoms with E-state index in [4.69, 9.17) is 5.73 Å². The zero-order chi connectivity index (χ0) is 14.4. The number of hydrogen-bond donors (Lipinski definition) is 2. The second-order valence-corrected chi connectivity index (χ2v) is 5.82. The zero-order valence-electron chi connectivity index (χ0n) is 12.9. The van der Waals surface area contributed by atoms with E-state index < -0.39 is 0 Å². The molecule has 1 saturated heterocycles. The van der Waals surface area contributed by atoms with Crippen LogP contribution in [0, 0.1) is 0 Å². The highest BCUT2D eigenvalue weighted by atomic mass is 16.1. The van der Waals surface area contributed by atoms with Gasteiger partial charge in [-0.15, -0.1) is 0 Å². The molecule has 0 aromatic heterocycles. The van der Waals surface area contributed by atoms with Crippen LogP contribution in [0.1, 0.15) is 33.6 Å². The number of nitrogens with one attached hydrogen (secondary N) is 1. The molecule has 1 aliphatic rings. The van der Waals surface area contributed by atoms with Crippen LogP contribution >= 0.6 is 0 Å². The van der Waals surface area contributed by atoms with Crippen molar-refractivity contribution in [3.05, 3.63) is 0 Å². The summed E-state index contributed by atoms with van der Waals surface area (Å²) in [6.45, 7) is 10.5. The standard InChI is InChI=1S/C14H30N4O/c1-5-7-16-13(14(15)19)6-8-18-9-11(2)17(4)12(3)10-18/h11-13,16H,5-10H2,1-4H3,(H2,15,19). The number of rotatable bonds is 7. The number of nitrogens with zero attached hydrogens (tertiary/aromatic N) is 2. The lowest BCUT2D eigenvalue weighted by molar-refractivity contribution is -0.120. The van der Waals surface area contributed by atoms with Gasteiger partial charge in [-0.25, -0.2) is 0 Å². The number of nitrogens with two attached hydrogens (primary N) is 1. The topological polar surface area (TPSA) is 61.6 Å². The van der Waals surface area contributed by atoms with Gasteiger partial charge in [0.15, 0.2) is 0 Å². The number of hydrogen-bond acceptors (Lipinski definition) is 4. The van der Waals surface area contributed by atoms with E-state index in [2.05, 4.69) is 42.9 Å². The van der Waals surface area contributed by atoms with Crippen molar-refractivity contribution in [3.8, 4) is 0 Å². The smallest absolute Gasteiger partial charge is 0.234 e. The van der Waals surface area contributed by atoms with Crippen molar-refractivity contribution >= 4 is 5.91 Å². The molecule has 1 fully saturated rings. The molecule has 112 valence electrons. The second kappa shape index (κ2) is 7.82. The summed E-state index contributed by atoms with van der Waals surface area (Å²) in [6, 6.07) is 0.948. The monoisotopic (exact) mass is 270 g/mol. The molecule has 3 atom stereocenters. The molecule has 19 heavy (non-hydrogen) atoms. The Bertz CT molecular complexity index is 273. The van der Waals surface area contributed by atoms with Crippen LogP contribution in [0.2, 0.25) is 0 Å². The molecule has 3 unspecified atom stereocenters. The van der Waals surface area contributed by atoms with E-state index in [0.717, 1.165) is 39.0 Å². The maximum absolute atomic E-state index is 11.4. The SMILES string of the molecule is CCCNC(CCN1CC(C)N(C)C(C)C1)C(N)=O. The van der Waals surface area contributed by atoms with Crippen molar-refractivity contribution in [3.63, 3.8) is 0 Å². The first-order valence-electron chi connectivity index (χ1n) is 7.42. The molecule has 0 aliphatic carbocycles. The summed E-state index contributed by atoms with van der Waals surface area (Å²) >= 11 is 0. The quantitative estimate of drug-likeness (QED) is 0.696. The average Bonchev–Trinajstić information content (AvgIpc) is 2.35. The molecule has 0 saturated carbocycles. The van der Waals surface area contributed by atoms with Gasteiger partial charge in [-0.3, -0.25) is 9.69 Å². The summed E-state index contributed by atoms with van der Waals surface area (Å²) in [5.74, 6) is -0.233. The Morgan fingerprint density at radius 2 is 1.95 bits per heavy atom. The minimum atomic E-state index is -0.233. The predicted molar refractivity (Wildman–Crippen MR) is 79.0 cm³/mol. The Labute approximate surface area is 117 Å². The molecule has 0 spiro atoms. The van der Waals surface area contributed by atoms with Crippen molar-refractivity contribution in [1.82, 2.24) is 15.1 Å². The third-order valence-corrected chi connectivity index (χ3v) is 4.15. The van der Waals surface area contributed by atoms with Gasteiger partial charge >= 0.3 is 0 Å². The lowest BCUT2D eigenvalue weighted by Gasteiger charge is -2.42. The third-order valence-electron chi connectivity index (χ3n) is 4.15. The number of likely N-dealkylation sites (N-methyl/N-ethyl adjacent to an activating group) is 1. The molecule has 0 bridgehead atoms. The predicted octanol–water partition coefficient (Wildman–Crippen LogP) is 0.254. The van der Waals surface area contributed by atoms with Crippen LogP contribution in [-0.2, 0) is 4.79 Å². The van der Waals surface area contributed by atoms with Crippen LogP contribution in [0.5, 0.6) is 0 Å². The summed E-state index contributed by atoms with van der Waals surface area (Å²) in [5, 5.41) is 3.23. The van der Waals surface area contributed by atoms with Crippen molar-refractivity contribution in [2.75, 3.05) is 33.2 Å². The molecule has 3 N–H and O–H groups in total. The van der Waals surface area contributed by atoms with Gasteiger partial charge in [-0.05, 0) is 40.3 Å². The Kier molecular flexibility index (Phi) is 6.75. The molecule has 1 amide bonds. The fourth-order valence-corrected chi connectivity index (χ4v) is 2.67. The first-order chi connectivity index (χ1) is 8.95. The van der Waals surface area contributed by atoms with Crippen LogP contribution in [0.15, 0.2) is 0 Å². The molecule has 0 radical (unpaired) electrons. The number of amides is 1. The van der Waals surface area contributed by atoms with Gasteiger partial charge in [-0.1, -0.05) is 6.92 Å². The van der Waals surface area contributed by atoms with Crippen molar-refractivity contribution in [2.45, 2.75) is 51.7 Å². The number of piperazine rings is 1. The molecule has 5 heteroatoms. The van der Waals surface area contributed by atoms with Crippen molar-refractivity contribution < 1.29 is 4.79 Å². The maximum atomic E-state index is 11.4. The van der Waals surface area contributed by atoms with Gasteiger partial charge < -0.3 is 16.0 Å². The Morgan fingerprint density at radius 1 is 1.37 bits per heavy atom. The van der Waals surface area contributed by atoms with E-state index in [9.17, 15) is 4.79 Å². The van der Waals surface area contributed by atoms with Crippen LogP contribution in [0.3, 0.4) is 0 Å². The van der Waals surface area contributed by atoms with Crippen molar-refractivity contribution in [2.24, 2.45) is 5.73 Å². The van der Waals surface area contributed by atoms with E-state index in [1.165, 1.54) is 0 Å². The minimum absolute atomic E-state index is 0.190. The Balaban J connectivity index is 2.39. The lowest BCUT2D eigenvalue weighted by atomic mass is 10.1. The number of carbonyl (C=O) groups is 1. The molecule has 1 aliphatic heterocycles. The largest absolute Gasteiger partial charge is 0.368 e. The van der Waals surface area contributed by atoms with E-state index in [-0.39, 0.29) is 11.9 Å². The Hall–Kier alpha value is -0.650. The lowest BCUT2D eigenvalue weighted by Crippen LogP contribution is -2.55. The van der Waals surface area contributed by atoms with E-state index >= 15 is 0 Å². The molecule has 1 heterocycles. The average molecular weight is 270 g/mol. The van der Waals surface area contributed by atoms with E-state index in [0.29, 0.717) is 12.1 Å². The summed E-state index contributed by atoms with van der Waals surface area (Å²) in [7, 11) is 2.18. The van der Waals surface area contributed by atoms with Gasteiger partial charge in [0.1, 0.15) is 0 Å². The second-order valence-electron chi connectivity index (χ2n) is 5.82. The molecule has 0 aromatic rings. The first-order valence-corrected chi connectivity index (χ1v) is 7.42. The van der Waals surface area contributed by atoms with Crippen LogP contribution in [-0.4, -0.2) is 67.1 Å². The molecule has 0 aromatic carbocycles. The van der Waals surface area contributed by atoms with Crippen LogP contribution in [0.4, 0.5) is 0 Å². The summed E-state index contributed by atoms with van der Waals surface area (Å²) in [4.78, 5) is 16.2. The number of primary amides is 1. The normalized spacial score (nSPS) is 27.4.